The molecule has 8 heteroatoms. The maximum atomic E-state index is 11.8. The number of benzene rings is 2. The third-order valence-electron chi connectivity index (χ3n) is 6.95. The van der Waals surface area contributed by atoms with Crippen molar-refractivity contribution in [2.24, 2.45) is 4.99 Å². The molecule has 0 spiro atoms. The minimum atomic E-state index is -0.604. The SMILES string of the molecule is C/C=C(\C=N/CNC(CCO)C(=O)OC)C(NCCC(C)(c1ccc(O)cc1)c1ccc(O)cc1)=C1CC1. The molecule has 1 aliphatic carbocycles. The maximum Gasteiger partial charge on any atom is 0.322 e. The Kier molecular flexibility index (Phi) is 10.5. The Bertz CT molecular complexity index is 1100. The van der Waals surface area contributed by atoms with E-state index in [1.165, 1.54) is 12.7 Å². The van der Waals surface area contributed by atoms with Crippen molar-refractivity contribution in [1.29, 1.82) is 0 Å². The van der Waals surface area contributed by atoms with Gasteiger partial charge in [-0.25, -0.2) is 0 Å². The molecule has 0 bridgehead atoms. The van der Waals surface area contributed by atoms with E-state index in [9.17, 15) is 20.1 Å². The fraction of sp³-hybridized carbons (Fsp3) is 0.400. The predicted molar refractivity (Wildman–Crippen MR) is 149 cm³/mol. The third-order valence-corrected chi connectivity index (χ3v) is 6.95. The molecular formula is C30H39N3O5. The number of esters is 1. The van der Waals surface area contributed by atoms with Gasteiger partial charge in [0, 0.05) is 36.1 Å². The molecule has 0 radical (unpaired) electrons. The van der Waals surface area contributed by atoms with Crippen molar-refractivity contribution in [3.05, 3.63) is 82.6 Å². The number of phenols is 2. The molecule has 1 unspecified atom stereocenters. The number of rotatable bonds is 14. The molecule has 0 saturated heterocycles. The highest BCUT2D eigenvalue weighted by molar-refractivity contribution is 5.85. The number of aliphatic hydroxyl groups is 1. The minimum Gasteiger partial charge on any atom is -0.508 e. The smallest absolute Gasteiger partial charge is 0.322 e. The van der Waals surface area contributed by atoms with Crippen LogP contribution in [0.5, 0.6) is 11.5 Å². The van der Waals surface area contributed by atoms with Gasteiger partial charge in [0.15, 0.2) is 0 Å². The highest BCUT2D eigenvalue weighted by Crippen LogP contribution is 2.37. The van der Waals surface area contributed by atoms with Gasteiger partial charge in [-0.1, -0.05) is 37.3 Å². The molecule has 2 aromatic rings. The Balaban J connectivity index is 1.70. The van der Waals surface area contributed by atoms with Crippen molar-refractivity contribution < 1.29 is 24.9 Å². The fourth-order valence-corrected chi connectivity index (χ4v) is 4.46. The van der Waals surface area contributed by atoms with Gasteiger partial charge in [0.2, 0.25) is 0 Å². The molecule has 0 aliphatic heterocycles. The second-order valence-corrected chi connectivity index (χ2v) is 9.59. The molecule has 8 nitrogen and oxygen atoms in total. The molecule has 1 fully saturated rings. The number of methoxy groups -OCH3 is 1. The van der Waals surface area contributed by atoms with Crippen LogP contribution in [0.2, 0.25) is 0 Å². The van der Waals surface area contributed by atoms with Crippen LogP contribution in [0.4, 0.5) is 0 Å². The lowest BCUT2D eigenvalue weighted by Gasteiger charge is -2.32. The molecule has 1 atom stereocenters. The van der Waals surface area contributed by atoms with E-state index in [0.717, 1.165) is 41.7 Å². The number of allylic oxidation sites excluding steroid dienone is 3. The van der Waals surface area contributed by atoms with E-state index in [-0.39, 0.29) is 36.6 Å². The number of hydrogen-bond acceptors (Lipinski definition) is 8. The first-order chi connectivity index (χ1) is 18.3. The standard InChI is InChI=1S/C30H39N3O5/c1-4-21(19-31-20-33-27(15-18-34)29(37)38-3)28(22-5-6-22)32-17-16-30(2,23-7-11-25(35)12-8-23)24-9-13-26(36)14-10-24/h4,7-14,19,27,32-36H,5-6,15-18,20H2,1-3H3/b21-4+,31-19-. The molecule has 1 aliphatic rings. The van der Waals surface area contributed by atoms with Gasteiger partial charge >= 0.3 is 5.97 Å². The first kappa shape index (κ1) is 28.9. The number of hydrogen-bond donors (Lipinski definition) is 5. The summed E-state index contributed by atoms with van der Waals surface area (Å²) in [4.78, 5) is 16.3. The summed E-state index contributed by atoms with van der Waals surface area (Å²) in [6.07, 6.45) is 6.93. The topological polar surface area (TPSA) is 123 Å². The summed E-state index contributed by atoms with van der Waals surface area (Å²) in [7, 11) is 1.32. The second-order valence-electron chi connectivity index (χ2n) is 9.59. The number of aromatic hydroxyl groups is 2. The van der Waals surface area contributed by atoms with Gasteiger partial charge in [-0.3, -0.25) is 15.1 Å². The summed E-state index contributed by atoms with van der Waals surface area (Å²) >= 11 is 0. The van der Waals surface area contributed by atoms with Gasteiger partial charge in [0.1, 0.15) is 17.5 Å². The summed E-state index contributed by atoms with van der Waals surface area (Å²) in [6.45, 7) is 4.94. The Hall–Kier alpha value is -3.62. The van der Waals surface area contributed by atoms with Crippen LogP contribution in [-0.4, -0.2) is 60.5 Å². The minimum absolute atomic E-state index is 0.121. The van der Waals surface area contributed by atoms with Crippen molar-refractivity contribution in [3.63, 3.8) is 0 Å². The fourth-order valence-electron chi connectivity index (χ4n) is 4.46. The number of carbonyl (C=O) groups excluding carboxylic acids is 1. The van der Waals surface area contributed by atoms with Gasteiger partial charge < -0.3 is 25.4 Å². The van der Waals surface area contributed by atoms with Crippen LogP contribution in [0.3, 0.4) is 0 Å². The van der Waals surface area contributed by atoms with Crippen molar-refractivity contribution in [2.45, 2.75) is 51.0 Å². The molecule has 3 rings (SSSR count). The van der Waals surface area contributed by atoms with Crippen molar-refractivity contribution >= 4 is 12.2 Å². The maximum absolute atomic E-state index is 11.8. The van der Waals surface area contributed by atoms with Crippen molar-refractivity contribution in [1.82, 2.24) is 10.6 Å². The average molecular weight is 522 g/mol. The van der Waals surface area contributed by atoms with Gasteiger partial charge in [-0.2, -0.15) is 0 Å². The molecular weight excluding hydrogens is 482 g/mol. The molecule has 0 heterocycles. The Morgan fingerprint density at radius 2 is 1.66 bits per heavy atom. The van der Waals surface area contributed by atoms with E-state index >= 15 is 0 Å². The number of phenolic OH excluding ortho intramolecular Hbond substituents is 2. The largest absolute Gasteiger partial charge is 0.508 e. The highest BCUT2D eigenvalue weighted by Gasteiger charge is 2.29. The number of nitrogens with zero attached hydrogens (tertiary/aromatic N) is 1. The average Bonchev–Trinajstić information content (AvgIpc) is 3.76. The van der Waals surface area contributed by atoms with Crippen LogP contribution < -0.4 is 10.6 Å². The van der Waals surface area contributed by atoms with Gasteiger partial charge in [-0.05, 0) is 73.6 Å². The lowest BCUT2D eigenvalue weighted by molar-refractivity contribution is -0.143. The zero-order valence-corrected chi connectivity index (χ0v) is 22.4. The zero-order chi connectivity index (χ0) is 27.5. The van der Waals surface area contributed by atoms with Crippen LogP contribution in [0, 0.1) is 0 Å². The molecule has 38 heavy (non-hydrogen) atoms. The van der Waals surface area contributed by atoms with Gasteiger partial charge in [-0.15, -0.1) is 0 Å². The lowest BCUT2D eigenvalue weighted by atomic mass is 9.73. The van der Waals surface area contributed by atoms with Crippen molar-refractivity contribution in [2.75, 3.05) is 26.9 Å². The molecule has 5 N–H and O–H groups in total. The second kappa shape index (κ2) is 13.8. The summed E-state index contributed by atoms with van der Waals surface area (Å²) in [5.41, 5.74) is 5.20. The lowest BCUT2D eigenvalue weighted by Crippen LogP contribution is -2.38. The summed E-state index contributed by atoms with van der Waals surface area (Å²) in [5.74, 6) is 0.0242. The van der Waals surface area contributed by atoms with E-state index < -0.39 is 12.0 Å². The zero-order valence-electron chi connectivity index (χ0n) is 22.4. The number of nitrogens with one attached hydrogen (secondary N) is 2. The molecule has 1 saturated carbocycles. The monoisotopic (exact) mass is 521 g/mol. The van der Waals surface area contributed by atoms with E-state index in [2.05, 4.69) is 22.5 Å². The van der Waals surface area contributed by atoms with E-state index in [1.807, 2.05) is 37.3 Å². The molecule has 204 valence electrons. The summed E-state index contributed by atoms with van der Waals surface area (Å²) in [5, 5.41) is 35.5. The Morgan fingerprint density at radius 1 is 1.08 bits per heavy atom. The first-order valence-corrected chi connectivity index (χ1v) is 13.0. The van der Waals surface area contributed by atoms with E-state index in [4.69, 9.17) is 4.74 Å². The van der Waals surface area contributed by atoms with E-state index in [1.54, 1.807) is 30.5 Å². The highest BCUT2D eigenvalue weighted by atomic mass is 16.5. The van der Waals surface area contributed by atoms with Crippen LogP contribution in [0.25, 0.3) is 0 Å². The predicted octanol–water partition coefficient (Wildman–Crippen LogP) is 3.92. The first-order valence-electron chi connectivity index (χ1n) is 13.0. The van der Waals surface area contributed by atoms with Gasteiger partial charge in [0.05, 0.1) is 13.8 Å². The number of carbonyl (C=O) groups is 1. The van der Waals surface area contributed by atoms with Crippen molar-refractivity contribution in [3.8, 4) is 11.5 Å². The van der Waals surface area contributed by atoms with Gasteiger partial charge in [0.25, 0.3) is 0 Å². The Morgan fingerprint density at radius 3 is 2.13 bits per heavy atom. The molecule has 0 amide bonds. The number of ether oxygens (including phenoxy) is 1. The summed E-state index contributed by atoms with van der Waals surface area (Å²) < 4.78 is 4.77. The van der Waals surface area contributed by atoms with Crippen LogP contribution in [-0.2, 0) is 14.9 Å². The van der Waals surface area contributed by atoms with Crippen LogP contribution in [0.1, 0.15) is 50.7 Å². The third kappa shape index (κ3) is 7.69. The Labute approximate surface area is 224 Å². The molecule has 2 aromatic carbocycles. The number of aliphatic hydroxyl groups excluding tert-OH is 1. The quantitative estimate of drug-likeness (QED) is 0.189. The number of aliphatic imine (C=N–C) groups is 1. The molecule has 0 aromatic heterocycles. The van der Waals surface area contributed by atoms with Crippen LogP contribution >= 0.6 is 0 Å². The summed E-state index contributed by atoms with van der Waals surface area (Å²) in [6, 6.07) is 14.0. The van der Waals surface area contributed by atoms with Crippen LogP contribution in [0.15, 0.2) is 76.4 Å². The van der Waals surface area contributed by atoms with E-state index in [0.29, 0.717) is 6.54 Å². The normalized spacial score (nSPS) is 14.4.